The summed E-state index contributed by atoms with van der Waals surface area (Å²) >= 11 is 0. The summed E-state index contributed by atoms with van der Waals surface area (Å²) in [6.45, 7) is 2.55. The third kappa shape index (κ3) is 3.58. The standard InChI is InChI=1S/C22H20FN3O2/c1-14-9-16(5-8-19(14)23)22(27)26-12-17-11-24-21(25-20(17)13-26)10-15-3-6-18(28-2)7-4-15/h3-9,11H,10,12-13H2,1-2H3. The number of nitrogens with zero attached hydrogens (tertiary/aromatic N) is 3. The molecule has 142 valence electrons. The van der Waals surface area contributed by atoms with E-state index in [1.54, 1.807) is 31.2 Å². The third-order valence-corrected chi connectivity index (χ3v) is 4.92. The number of hydrogen-bond acceptors (Lipinski definition) is 4. The minimum atomic E-state index is -0.310. The van der Waals surface area contributed by atoms with Crippen LogP contribution in [-0.4, -0.2) is 27.9 Å². The molecule has 0 bridgehead atoms. The average Bonchev–Trinajstić information content (AvgIpc) is 3.13. The first-order valence-electron chi connectivity index (χ1n) is 9.05. The van der Waals surface area contributed by atoms with Crippen molar-refractivity contribution in [2.45, 2.75) is 26.4 Å². The molecule has 0 saturated heterocycles. The molecule has 1 aliphatic heterocycles. The van der Waals surface area contributed by atoms with Crippen LogP contribution in [0, 0.1) is 12.7 Å². The van der Waals surface area contributed by atoms with Crippen LogP contribution >= 0.6 is 0 Å². The van der Waals surface area contributed by atoms with E-state index in [9.17, 15) is 9.18 Å². The Bertz CT molecular complexity index is 1030. The number of hydrogen-bond donors (Lipinski definition) is 0. The molecule has 0 spiro atoms. The third-order valence-electron chi connectivity index (χ3n) is 4.92. The molecule has 4 rings (SSSR count). The quantitative estimate of drug-likeness (QED) is 0.696. The molecule has 0 N–H and O–H groups in total. The van der Waals surface area contributed by atoms with Gasteiger partial charge in [-0.3, -0.25) is 4.79 Å². The summed E-state index contributed by atoms with van der Waals surface area (Å²) in [7, 11) is 1.64. The predicted molar refractivity (Wildman–Crippen MR) is 103 cm³/mol. The summed E-state index contributed by atoms with van der Waals surface area (Å²) < 4.78 is 18.6. The molecule has 1 aliphatic rings. The topological polar surface area (TPSA) is 55.3 Å². The highest BCUT2D eigenvalue weighted by atomic mass is 19.1. The minimum absolute atomic E-state index is 0.127. The first-order chi connectivity index (χ1) is 13.5. The van der Waals surface area contributed by atoms with Crippen molar-refractivity contribution in [3.63, 3.8) is 0 Å². The Hall–Kier alpha value is -3.28. The molecular formula is C22H20FN3O2. The Morgan fingerprint density at radius 1 is 1.18 bits per heavy atom. The van der Waals surface area contributed by atoms with E-state index in [2.05, 4.69) is 9.97 Å². The number of carbonyl (C=O) groups excluding carboxylic acids is 1. The highest BCUT2D eigenvalue weighted by Gasteiger charge is 2.26. The molecule has 0 saturated carbocycles. The van der Waals surface area contributed by atoms with Gasteiger partial charge in [-0.2, -0.15) is 0 Å². The van der Waals surface area contributed by atoms with Gasteiger partial charge in [-0.15, -0.1) is 0 Å². The van der Waals surface area contributed by atoms with E-state index in [0.29, 0.717) is 30.6 Å². The summed E-state index contributed by atoms with van der Waals surface area (Å²) in [6.07, 6.45) is 2.41. The molecule has 28 heavy (non-hydrogen) atoms. The second-order valence-electron chi connectivity index (χ2n) is 6.91. The van der Waals surface area contributed by atoms with Gasteiger partial charge in [0.1, 0.15) is 17.4 Å². The SMILES string of the molecule is COc1ccc(Cc2ncc3c(n2)CN(C(=O)c2ccc(F)c(C)c2)C3)cc1. The Balaban J connectivity index is 1.48. The summed E-state index contributed by atoms with van der Waals surface area (Å²) in [5.74, 6) is 1.09. The Morgan fingerprint density at radius 3 is 2.68 bits per heavy atom. The summed E-state index contributed by atoms with van der Waals surface area (Å²) in [6, 6.07) is 12.2. The lowest BCUT2D eigenvalue weighted by Gasteiger charge is -2.15. The fourth-order valence-electron chi connectivity index (χ4n) is 3.31. The summed E-state index contributed by atoms with van der Waals surface area (Å²) in [4.78, 5) is 23.6. The summed E-state index contributed by atoms with van der Waals surface area (Å²) in [5, 5.41) is 0. The molecule has 0 atom stereocenters. The van der Waals surface area contributed by atoms with Crippen LogP contribution in [0.3, 0.4) is 0 Å². The fraction of sp³-hybridized carbons (Fsp3) is 0.227. The zero-order valence-electron chi connectivity index (χ0n) is 15.8. The molecule has 0 fully saturated rings. The number of ether oxygens (including phenoxy) is 1. The van der Waals surface area contributed by atoms with Crippen molar-refractivity contribution in [2.24, 2.45) is 0 Å². The maximum Gasteiger partial charge on any atom is 0.254 e. The molecular weight excluding hydrogens is 357 g/mol. The summed E-state index contributed by atoms with van der Waals surface area (Å²) in [5.41, 5.74) is 3.85. The van der Waals surface area contributed by atoms with E-state index in [-0.39, 0.29) is 11.7 Å². The fourth-order valence-corrected chi connectivity index (χ4v) is 3.31. The van der Waals surface area contributed by atoms with Crippen LogP contribution in [-0.2, 0) is 19.5 Å². The van der Waals surface area contributed by atoms with E-state index < -0.39 is 0 Å². The van der Waals surface area contributed by atoms with Gasteiger partial charge in [0.05, 0.1) is 19.3 Å². The molecule has 2 aromatic carbocycles. The van der Waals surface area contributed by atoms with Gasteiger partial charge in [0.2, 0.25) is 0 Å². The van der Waals surface area contributed by atoms with E-state index in [1.807, 2.05) is 24.3 Å². The van der Waals surface area contributed by atoms with Crippen molar-refractivity contribution >= 4 is 5.91 Å². The number of fused-ring (bicyclic) bond motifs is 1. The molecule has 5 nitrogen and oxygen atoms in total. The van der Waals surface area contributed by atoms with Gasteiger partial charge < -0.3 is 9.64 Å². The molecule has 6 heteroatoms. The van der Waals surface area contributed by atoms with Gasteiger partial charge in [-0.05, 0) is 48.4 Å². The van der Waals surface area contributed by atoms with Crippen LogP contribution in [0.25, 0.3) is 0 Å². The maximum atomic E-state index is 13.5. The van der Waals surface area contributed by atoms with Crippen molar-refractivity contribution in [3.8, 4) is 5.75 Å². The van der Waals surface area contributed by atoms with Gasteiger partial charge in [0, 0.05) is 30.3 Å². The number of benzene rings is 2. The monoisotopic (exact) mass is 377 g/mol. The Labute approximate surface area is 162 Å². The van der Waals surface area contributed by atoms with Crippen molar-refractivity contribution in [2.75, 3.05) is 7.11 Å². The van der Waals surface area contributed by atoms with Crippen molar-refractivity contribution < 1.29 is 13.9 Å². The van der Waals surface area contributed by atoms with Crippen LogP contribution in [0.5, 0.6) is 5.75 Å². The highest BCUT2D eigenvalue weighted by Crippen LogP contribution is 2.24. The lowest BCUT2D eigenvalue weighted by molar-refractivity contribution is 0.0750. The van der Waals surface area contributed by atoms with Gasteiger partial charge in [-0.25, -0.2) is 14.4 Å². The number of aromatic nitrogens is 2. The molecule has 1 amide bonds. The molecule has 1 aromatic heterocycles. The van der Waals surface area contributed by atoms with Gasteiger partial charge in [-0.1, -0.05) is 12.1 Å². The number of rotatable bonds is 4. The molecule has 0 aliphatic carbocycles. The van der Waals surface area contributed by atoms with E-state index in [0.717, 1.165) is 28.4 Å². The van der Waals surface area contributed by atoms with Crippen LogP contribution in [0.2, 0.25) is 0 Å². The van der Waals surface area contributed by atoms with E-state index in [4.69, 9.17) is 4.74 Å². The lowest BCUT2D eigenvalue weighted by atomic mass is 10.1. The zero-order chi connectivity index (χ0) is 19.7. The van der Waals surface area contributed by atoms with Crippen molar-refractivity contribution in [1.29, 1.82) is 0 Å². The van der Waals surface area contributed by atoms with Crippen LogP contribution < -0.4 is 4.74 Å². The number of amides is 1. The molecule has 2 heterocycles. The highest BCUT2D eigenvalue weighted by molar-refractivity contribution is 5.94. The first kappa shape index (κ1) is 18.1. The van der Waals surface area contributed by atoms with Crippen molar-refractivity contribution in [1.82, 2.24) is 14.9 Å². The smallest absolute Gasteiger partial charge is 0.254 e. The molecule has 0 unspecified atom stereocenters. The second kappa shape index (κ2) is 7.38. The number of halogens is 1. The van der Waals surface area contributed by atoms with Crippen LogP contribution in [0.1, 0.15) is 38.6 Å². The van der Waals surface area contributed by atoms with Gasteiger partial charge >= 0.3 is 0 Å². The van der Waals surface area contributed by atoms with Crippen LogP contribution in [0.4, 0.5) is 4.39 Å². The predicted octanol–water partition coefficient (Wildman–Crippen LogP) is 3.68. The van der Waals surface area contributed by atoms with E-state index >= 15 is 0 Å². The molecule has 3 aromatic rings. The average molecular weight is 377 g/mol. The number of carbonyl (C=O) groups is 1. The largest absolute Gasteiger partial charge is 0.497 e. The normalized spacial score (nSPS) is 12.8. The first-order valence-corrected chi connectivity index (χ1v) is 9.05. The Kier molecular flexibility index (Phi) is 4.77. The van der Waals surface area contributed by atoms with Crippen LogP contribution in [0.15, 0.2) is 48.7 Å². The maximum absolute atomic E-state index is 13.5. The zero-order valence-corrected chi connectivity index (χ0v) is 15.8. The van der Waals surface area contributed by atoms with E-state index in [1.165, 1.54) is 12.1 Å². The van der Waals surface area contributed by atoms with Crippen molar-refractivity contribution in [3.05, 3.63) is 88.3 Å². The second-order valence-corrected chi connectivity index (χ2v) is 6.91. The van der Waals surface area contributed by atoms with Gasteiger partial charge in [0.15, 0.2) is 0 Å². The Morgan fingerprint density at radius 2 is 1.96 bits per heavy atom. The number of aryl methyl sites for hydroxylation is 1. The number of methoxy groups -OCH3 is 1. The lowest BCUT2D eigenvalue weighted by Crippen LogP contribution is -2.25. The molecule has 0 radical (unpaired) electrons. The van der Waals surface area contributed by atoms with Gasteiger partial charge in [0.25, 0.3) is 5.91 Å². The minimum Gasteiger partial charge on any atom is -0.497 e.